The van der Waals surface area contributed by atoms with E-state index in [-0.39, 0.29) is 22.9 Å². The van der Waals surface area contributed by atoms with E-state index in [2.05, 4.69) is 10.3 Å². The molecule has 5 rings (SSSR count). The van der Waals surface area contributed by atoms with Gasteiger partial charge >= 0.3 is 0 Å². The summed E-state index contributed by atoms with van der Waals surface area (Å²) in [5.74, 6) is -2.45. The van der Waals surface area contributed by atoms with Gasteiger partial charge in [-0.3, -0.25) is 9.59 Å². The number of ether oxygens (including phenoxy) is 2. The molecule has 1 saturated carbocycles. The molecule has 2 fully saturated rings. The highest BCUT2D eigenvalue weighted by Crippen LogP contribution is 2.48. The highest BCUT2D eigenvalue weighted by atomic mass is 19.1. The average Bonchev–Trinajstić information content (AvgIpc) is 3.49. The minimum atomic E-state index is -0.968. The minimum absolute atomic E-state index is 0.100. The number of hydrogen-bond donors (Lipinski definition) is 1. The molecule has 2 aromatic carbocycles. The smallest absolute Gasteiger partial charge is 0.272 e. The van der Waals surface area contributed by atoms with Crippen LogP contribution in [0.25, 0.3) is 11.3 Å². The Morgan fingerprint density at radius 3 is 2.38 bits per heavy atom. The Morgan fingerprint density at radius 2 is 1.72 bits per heavy atom. The molecule has 2 amide bonds. The molecular weight excluding hydrogens is 511 g/mol. The fourth-order valence-electron chi connectivity index (χ4n) is 5.78. The van der Waals surface area contributed by atoms with Gasteiger partial charge in [0.2, 0.25) is 0 Å². The zero-order chi connectivity index (χ0) is 27.7. The van der Waals surface area contributed by atoms with E-state index in [1.807, 2.05) is 0 Å². The van der Waals surface area contributed by atoms with Crippen molar-refractivity contribution < 1.29 is 32.2 Å². The van der Waals surface area contributed by atoms with E-state index in [0.29, 0.717) is 36.7 Å². The van der Waals surface area contributed by atoms with Gasteiger partial charge in [0.15, 0.2) is 0 Å². The second kappa shape index (κ2) is 10.6. The van der Waals surface area contributed by atoms with Crippen LogP contribution in [-0.4, -0.2) is 55.6 Å². The molecule has 0 bridgehead atoms. The van der Waals surface area contributed by atoms with Crippen LogP contribution in [0.2, 0.25) is 0 Å². The van der Waals surface area contributed by atoms with Crippen molar-refractivity contribution in [2.45, 2.75) is 19.3 Å². The Bertz CT molecular complexity index is 1390. The third kappa shape index (κ3) is 5.03. The zero-order valence-corrected chi connectivity index (χ0v) is 21.6. The SMILES string of the molecule is COc1cc(OC)cc(C(=O)NC[C@]23CCC[C@H]2CN(C(=O)c2ccc(F)c(-c4c(F)cccc4F)n2)C3)c1. The molecule has 1 aliphatic carbocycles. The number of likely N-dealkylation sites (tertiary alicyclic amines) is 1. The van der Waals surface area contributed by atoms with E-state index in [9.17, 15) is 22.8 Å². The van der Waals surface area contributed by atoms with Crippen molar-refractivity contribution in [1.29, 1.82) is 0 Å². The molecule has 7 nitrogen and oxygen atoms in total. The number of methoxy groups -OCH3 is 2. The summed E-state index contributed by atoms with van der Waals surface area (Å²) >= 11 is 0. The molecule has 2 heterocycles. The summed E-state index contributed by atoms with van der Waals surface area (Å²) in [6.07, 6.45) is 2.70. The van der Waals surface area contributed by atoms with Crippen molar-refractivity contribution in [1.82, 2.24) is 15.2 Å². The number of hydrogen-bond acceptors (Lipinski definition) is 5. The van der Waals surface area contributed by atoms with Crippen LogP contribution < -0.4 is 14.8 Å². The molecule has 204 valence electrons. The fraction of sp³-hybridized carbons (Fsp3) is 0.345. The molecule has 1 aromatic heterocycles. The lowest BCUT2D eigenvalue weighted by atomic mass is 9.80. The Balaban J connectivity index is 1.34. The molecule has 2 aliphatic rings. The van der Waals surface area contributed by atoms with Crippen LogP contribution in [0.15, 0.2) is 48.5 Å². The number of nitrogens with zero attached hydrogens (tertiary/aromatic N) is 2. The molecule has 0 unspecified atom stereocenters. The maximum Gasteiger partial charge on any atom is 0.272 e. The third-order valence-corrected chi connectivity index (χ3v) is 7.81. The number of rotatable bonds is 7. The number of carbonyl (C=O) groups is 2. The van der Waals surface area contributed by atoms with Crippen molar-refractivity contribution in [3.05, 3.63) is 77.2 Å². The van der Waals surface area contributed by atoms with Crippen molar-refractivity contribution in [3.63, 3.8) is 0 Å². The summed E-state index contributed by atoms with van der Waals surface area (Å²) in [7, 11) is 3.02. The molecule has 0 spiro atoms. The predicted molar refractivity (Wildman–Crippen MR) is 137 cm³/mol. The van der Waals surface area contributed by atoms with Crippen LogP contribution in [-0.2, 0) is 0 Å². The lowest BCUT2D eigenvalue weighted by Gasteiger charge is -2.29. The first kappa shape index (κ1) is 26.5. The summed E-state index contributed by atoms with van der Waals surface area (Å²) in [4.78, 5) is 32.1. The van der Waals surface area contributed by atoms with E-state index >= 15 is 0 Å². The number of fused-ring (bicyclic) bond motifs is 1. The molecule has 1 saturated heterocycles. The number of carbonyl (C=O) groups excluding carboxylic acids is 2. The second-order valence-corrected chi connectivity index (χ2v) is 10.0. The second-order valence-electron chi connectivity index (χ2n) is 10.0. The number of halogens is 3. The summed E-state index contributed by atoms with van der Waals surface area (Å²) in [5.41, 5.74) is -1.19. The molecule has 39 heavy (non-hydrogen) atoms. The molecule has 0 radical (unpaired) electrons. The van der Waals surface area contributed by atoms with Crippen LogP contribution in [0.5, 0.6) is 11.5 Å². The fourth-order valence-corrected chi connectivity index (χ4v) is 5.78. The highest BCUT2D eigenvalue weighted by molar-refractivity contribution is 5.95. The van der Waals surface area contributed by atoms with Crippen LogP contribution in [0.4, 0.5) is 13.2 Å². The van der Waals surface area contributed by atoms with Gasteiger partial charge in [0.05, 0.1) is 19.8 Å². The van der Waals surface area contributed by atoms with E-state index in [0.717, 1.165) is 37.5 Å². The van der Waals surface area contributed by atoms with Gasteiger partial charge in [0.1, 0.15) is 40.3 Å². The molecule has 10 heteroatoms. The molecular formula is C29H28F3N3O4. The lowest BCUT2D eigenvalue weighted by molar-refractivity contribution is 0.0761. The Labute approximate surface area is 223 Å². The lowest BCUT2D eigenvalue weighted by Crippen LogP contribution is -2.41. The topological polar surface area (TPSA) is 80.8 Å². The summed E-state index contributed by atoms with van der Waals surface area (Å²) in [5, 5.41) is 3.02. The van der Waals surface area contributed by atoms with E-state index in [4.69, 9.17) is 9.47 Å². The number of pyridine rings is 1. The maximum atomic E-state index is 14.5. The zero-order valence-electron chi connectivity index (χ0n) is 21.6. The molecule has 2 atom stereocenters. The van der Waals surface area contributed by atoms with Gasteiger partial charge in [-0.1, -0.05) is 12.5 Å². The first-order chi connectivity index (χ1) is 18.7. The Morgan fingerprint density at radius 1 is 1.03 bits per heavy atom. The van der Waals surface area contributed by atoms with Crippen molar-refractivity contribution in [3.8, 4) is 22.8 Å². The van der Waals surface area contributed by atoms with Gasteiger partial charge in [0.25, 0.3) is 11.8 Å². The van der Waals surface area contributed by atoms with E-state index < -0.39 is 34.6 Å². The van der Waals surface area contributed by atoms with Crippen molar-refractivity contribution >= 4 is 11.8 Å². The van der Waals surface area contributed by atoms with Gasteiger partial charge in [-0.15, -0.1) is 0 Å². The molecule has 1 aliphatic heterocycles. The van der Waals surface area contributed by atoms with Crippen LogP contribution >= 0.6 is 0 Å². The number of nitrogens with one attached hydrogen (secondary N) is 1. The molecule has 1 N–H and O–H groups in total. The van der Waals surface area contributed by atoms with Crippen LogP contribution in [0.3, 0.4) is 0 Å². The van der Waals surface area contributed by atoms with Gasteiger partial charge in [-0.2, -0.15) is 0 Å². The monoisotopic (exact) mass is 539 g/mol. The average molecular weight is 540 g/mol. The summed E-state index contributed by atoms with van der Waals surface area (Å²) < 4.78 is 53.7. The Hall–Kier alpha value is -4.08. The van der Waals surface area contributed by atoms with Gasteiger partial charge in [-0.05, 0) is 55.2 Å². The first-order valence-electron chi connectivity index (χ1n) is 12.7. The highest BCUT2D eigenvalue weighted by Gasteiger charge is 2.50. The van der Waals surface area contributed by atoms with Crippen molar-refractivity contribution in [2.24, 2.45) is 11.3 Å². The third-order valence-electron chi connectivity index (χ3n) is 7.81. The van der Waals surface area contributed by atoms with Crippen LogP contribution in [0, 0.1) is 28.8 Å². The van der Waals surface area contributed by atoms with Gasteiger partial charge in [0, 0.05) is 36.7 Å². The van der Waals surface area contributed by atoms with E-state index in [1.165, 1.54) is 26.4 Å². The normalized spacial score (nSPS) is 20.0. The largest absolute Gasteiger partial charge is 0.497 e. The van der Waals surface area contributed by atoms with Gasteiger partial charge in [-0.25, -0.2) is 18.2 Å². The predicted octanol–water partition coefficient (Wildman–Crippen LogP) is 4.86. The quantitative estimate of drug-likeness (QED) is 0.464. The van der Waals surface area contributed by atoms with Crippen molar-refractivity contribution in [2.75, 3.05) is 33.9 Å². The first-order valence-corrected chi connectivity index (χ1v) is 12.7. The van der Waals surface area contributed by atoms with E-state index in [1.54, 1.807) is 23.1 Å². The summed E-state index contributed by atoms with van der Waals surface area (Å²) in [6.45, 7) is 1.19. The number of aromatic nitrogens is 1. The maximum absolute atomic E-state index is 14.5. The number of benzene rings is 2. The van der Waals surface area contributed by atoms with Crippen LogP contribution in [0.1, 0.15) is 40.1 Å². The number of amides is 2. The minimum Gasteiger partial charge on any atom is -0.497 e. The standard InChI is InChI=1S/C29H28F3N3O4/c1-38-19-11-17(12-20(13-19)39-2)27(36)33-15-29-10-4-5-18(29)14-35(16-29)28(37)24-9-8-23(32)26(34-24)25-21(30)6-3-7-22(25)31/h3,6-9,11-13,18H,4-5,10,14-16H2,1-2H3,(H,33,36)/t18-,29-/m0/s1. The Kier molecular flexibility index (Phi) is 7.20. The van der Waals surface area contributed by atoms with Gasteiger partial charge < -0.3 is 19.7 Å². The molecule has 3 aromatic rings. The summed E-state index contributed by atoms with van der Waals surface area (Å²) in [6, 6.07) is 10.3.